The zero-order valence-corrected chi connectivity index (χ0v) is 15.7. The van der Waals surface area contributed by atoms with Gasteiger partial charge in [-0.1, -0.05) is 0 Å². The number of aromatic nitrogens is 2. The number of aryl methyl sites for hydroxylation is 2. The van der Waals surface area contributed by atoms with E-state index in [0.717, 1.165) is 11.4 Å². The Kier molecular flexibility index (Phi) is 5.01. The molecule has 8 heteroatoms. The molecule has 0 atom stereocenters. The molecule has 2 aromatic rings. The fraction of sp³-hybridized carbons (Fsp3) is 0.471. The molecule has 0 unspecified atom stereocenters. The second kappa shape index (κ2) is 7.05. The Labute approximate surface area is 148 Å². The summed E-state index contributed by atoms with van der Waals surface area (Å²) in [5.41, 5.74) is 1.63. The van der Waals surface area contributed by atoms with Crippen LogP contribution in [0.3, 0.4) is 0 Å². The molecule has 1 aromatic carbocycles. The summed E-state index contributed by atoms with van der Waals surface area (Å²) in [6, 6.07) is 7.83. The number of hydrogen-bond acceptors (Lipinski definition) is 5. The normalized spacial score (nSPS) is 16.2. The number of ether oxygens (including phenoxy) is 1. The number of methoxy groups -OCH3 is 1. The van der Waals surface area contributed by atoms with Gasteiger partial charge in [0.15, 0.2) is 0 Å². The first kappa shape index (κ1) is 17.8. The van der Waals surface area contributed by atoms with Crippen LogP contribution in [-0.4, -0.2) is 55.8 Å². The van der Waals surface area contributed by atoms with Crippen LogP contribution in [0.1, 0.15) is 12.6 Å². The fourth-order valence-electron chi connectivity index (χ4n) is 3.03. The number of sulfonamides is 1. The number of nitrogens with zero attached hydrogens (tertiary/aromatic N) is 4. The van der Waals surface area contributed by atoms with Crippen molar-refractivity contribution in [1.82, 2.24) is 14.1 Å². The van der Waals surface area contributed by atoms with Crippen LogP contribution >= 0.6 is 0 Å². The maximum Gasteiger partial charge on any atom is 0.246 e. The van der Waals surface area contributed by atoms with Crippen LogP contribution < -0.4 is 9.64 Å². The SMILES string of the molecule is CCn1cc(S(=O)(=O)N2CCN(c3ccc(OC)cc3)CC2)c(C)n1. The van der Waals surface area contributed by atoms with Gasteiger partial charge in [-0.15, -0.1) is 0 Å². The van der Waals surface area contributed by atoms with E-state index in [9.17, 15) is 8.42 Å². The highest BCUT2D eigenvalue weighted by molar-refractivity contribution is 7.89. The van der Waals surface area contributed by atoms with Crippen LogP contribution in [0.5, 0.6) is 5.75 Å². The van der Waals surface area contributed by atoms with E-state index in [1.807, 2.05) is 31.2 Å². The first-order chi connectivity index (χ1) is 12.0. The van der Waals surface area contributed by atoms with Crippen LogP contribution in [0.15, 0.2) is 35.4 Å². The molecule has 0 amide bonds. The lowest BCUT2D eigenvalue weighted by Crippen LogP contribution is -2.48. The van der Waals surface area contributed by atoms with Crippen LogP contribution in [0, 0.1) is 6.92 Å². The highest BCUT2D eigenvalue weighted by Crippen LogP contribution is 2.24. The number of anilines is 1. The van der Waals surface area contributed by atoms with E-state index in [1.165, 1.54) is 0 Å². The van der Waals surface area contributed by atoms with Crippen LogP contribution in [-0.2, 0) is 16.6 Å². The third-order valence-corrected chi connectivity index (χ3v) is 6.52. The second-order valence-corrected chi connectivity index (χ2v) is 7.93. The van der Waals surface area contributed by atoms with Crippen molar-refractivity contribution in [3.05, 3.63) is 36.2 Å². The van der Waals surface area contributed by atoms with Crippen LogP contribution in [0.2, 0.25) is 0 Å². The quantitative estimate of drug-likeness (QED) is 0.808. The molecule has 2 heterocycles. The Bertz CT molecular complexity index is 822. The largest absolute Gasteiger partial charge is 0.497 e. The van der Waals surface area contributed by atoms with Crippen molar-refractivity contribution in [3.8, 4) is 5.75 Å². The summed E-state index contributed by atoms with van der Waals surface area (Å²) in [6.45, 7) is 6.58. The smallest absolute Gasteiger partial charge is 0.246 e. The maximum absolute atomic E-state index is 12.9. The molecule has 3 rings (SSSR count). The Morgan fingerprint density at radius 3 is 2.28 bits per heavy atom. The van der Waals surface area contributed by atoms with Gasteiger partial charge in [-0.3, -0.25) is 4.68 Å². The Morgan fingerprint density at radius 2 is 1.76 bits per heavy atom. The lowest BCUT2D eigenvalue weighted by molar-refractivity contribution is 0.384. The molecule has 25 heavy (non-hydrogen) atoms. The highest BCUT2D eigenvalue weighted by atomic mass is 32.2. The van der Waals surface area contributed by atoms with E-state index < -0.39 is 10.0 Å². The molecule has 0 aliphatic carbocycles. The summed E-state index contributed by atoms with van der Waals surface area (Å²) >= 11 is 0. The highest BCUT2D eigenvalue weighted by Gasteiger charge is 2.31. The van der Waals surface area contributed by atoms with Crippen molar-refractivity contribution in [1.29, 1.82) is 0 Å². The second-order valence-electron chi connectivity index (χ2n) is 6.02. The molecule has 0 N–H and O–H groups in total. The van der Waals surface area contributed by atoms with Gasteiger partial charge in [-0.2, -0.15) is 9.40 Å². The first-order valence-corrected chi connectivity index (χ1v) is 9.83. The zero-order chi connectivity index (χ0) is 18.0. The molecule has 0 bridgehead atoms. The van der Waals surface area contributed by atoms with Gasteiger partial charge in [-0.05, 0) is 38.1 Å². The summed E-state index contributed by atoms with van der Waals surface area (Å²) in [4.78, 5) is 2.50. The average Bonchev–Trinajstić information content (AvgIpc) is 3.03. The summed E-state index contributed by atoms with van der Waals surface area (Å²) in [5, 5.41) is 4.26. The fourth-order valence-corrected chi connectivity index (χ4v) is 4.62. The van der Waals surface area contributed by atoms with Crippen molar-refractivity contribution in [2.75, 3.05) is 38.2 Å². The zero-order valence-electron chi connectivity index (χ0n) is 14.8. The Balaban J connectivity index is 1.71. The molecule has 0 saturated carbocycles. The van der Waals surface area contributed by atoms with Gasteiger partial charge in [0, 0.05) is 44.6 Å². The molecule has 0 radical (unpaired) electrons. The molecule has 136 valence electrons. The first-order valence-electron chi connectivity index (χ1n) is 8.39. The molecule has 1 fully saturated rings. The van der Waals surface area contributed by atoms with E-state index in [0.29, 0.717) is 43.3 Å². The van der Waals surface area contributed by atoms with E-state index in [1.54, 1.807) is 29.2 Å². The van der Waals surface area contributed by atoms with Crippen molar-refractivity contribution < 1.29 is 13.2 Å². The lowest BCUT2D eigenvalue weighted by Gasteiger charge is -2.35. The number of hydrogen-bond donors (Lipinski definition) is 0. The van der Waals surface area contributed by atoms with Gasteiger partial charge in [0.05, 0.1) is 12.8 Å². The van der Waals surface area contributed by atoms with Gasteiger partial charge in [-0.25, -0.2) is 8.42 Å². The molecule has 1 aromatic heterocycles. The standard InChI is InChI=1S/C17H24N4O3S/c1-4-20-13-17(14(2)18-20)25(22,23)21-11-9-19(10-12-21)15-5-7-16(24-3)8-6-15/h5-8,13H,4,9-12H2,1-3H3. The van der Waals surface area contributed by atoms with Gasteiger partial charge < -0.3 is 9.64 Å². The van der Waals surface area contributed by atoms with Gasteiger partial charge in [0.25, 0.3) is 0 Å². The minimum Gasteiger partial charge on any atom is -0.497 e. The molecule has 1 aliphatic heterocycles. The van der Waals surface area contributed by atoms with Crippen molar-refractivity contribution in [3.63, 3.8) is 0 Å². The Morgan fingerprint density at radius 1 is 1.12 bits per heavy atom. The lowest BCUT2D eigenvalue weighted by atomic mass is 10.2. The Hall–Kier alpha value is -2.06. The van der Waals surface area contributed by atoms with E-state index in [-0.39, 0.29) is 0 Å². The minimum atomic E-state index is -3.49. The van der Waals surface area contributed by atoms with E-state index in [2.05, 4.69) is 10.00 Å². The predicted molar refractivity (Wildman–Crippen MR) is 96.6 cm³/mol. The summed E-state index contributed by atoms with van der Waals surface area (Å²) in [6.07, 6.45) is 1.63. The van der Waals surface area contributed by atoms with Gasteiger partial charge in [0.2, 0.25) is 10.0 Å². The third-order valence-electron chi connectivity index (χ3n) is 4.52. The van der Waals surface area contributed by atoms with Gasteiger partial charge in [0.1, 0.15) is 10.6 Å². The van der Waals surface area contributed by atoms with E-state index >= 15 is 0 Å². The topological polar surface area (TPSA) is 67.7 Å². The minimum absolute atomic E-state index is 0.312. The maximum atomic E-state index is 12.9. The van der Waals surface area contributed by atoms with Crippen molar-refractivity contribution in [2.24, 2.45) is 0 Å². The predicted octanol–water partition coefficient (Wildman–Crippen LogP) is 1.73. The van der Waals surface area contributed by atoms with Crippen molar-refractivity contribution in [2.45, 2.75) is 25.3 Å². The summed E-state index contributed by atoms with van der Waals surface area (Å²) in [5.74, 6) is 0.813. The average molecular weight is 364 g/mol. The van der Waals surface area contributed by atoms with Crippen LogP contribution in [0.25, 0.3) is 0 Å². The summed E-state index contributed by atoms with van der Waals surface area (Å²) < 4.78 is 34.2. The monoisotopic (exact) mass is 364 g/mol. The van der Waals surface area contributed by atoms with Crippen molar-refractivity contribution >= 4 is 15.7 Å². The third kappa shape index (κ3) is 3.50. The number of piperazine rings is 1. The molecule has 7 nitrogen and oxygen atoms in total. The molecule has 1 saturated heterocycles. The van der Waals surface area contributed by atoms with Gasteiger partial charge >= 0.3 is 0 Å². The number of rotatable bonds is 5. The molecule has 0 spiro atoms. The summed E-state index contributed by atoms with van der Waals surface area (Å²) in [7, 11) is -1.85. The molecular formula is C17H24N4O3S. The van der Waals surface area contributed by atoms with E-state index in [4.69, 9.17) is 4.74 Å². The number of benzene rings is 1. The van der Waals surface area contributed by atoms with Crippen LogP contribution in [0.4, 0.5) is 5.69 Å². The molecule has 1 aliphatic rings. The molecular weight excluding hydrogens is 340 g/mol.